The van der Waals surface area contributed by atoms with E-state index < -0.39 is 23.4 Å². The molecule has 1 saturated heterocycles. The molecule has 2 aromatic carbocycles. The maximum atomic E-state index is 13.3. The van der Waals surface area contributed by atoms with Crippen molar-refractivity contribution in [3.63, 3.8) is 0 Å². The number of para-hydroxylation sites is 1. The van der Waals surface area contributed by atoms with Crippen molar-refractivity contribution >= 4 is 46.0 Å². The van der Waals surface area contributed by atoms with Crippen LogP contribution in [0.15, 0.2) is 48.5 Å². The summed E-state index contributed by atoms with van der Waals surface area (Å²) in [5.41, 5.74) is 3.89. The third-order valence-electron chi connectivity index (χ3n) is 6.50. The molecule has 0 radical (unpaired) electrons. The van der Waals surface area contributed by atoms with Crippen LogP contribution in [0.25, 0.3) is 22.6 Å². The van der Waals surface area contributed by atoms with Crippen LogP contribution < -0.4 is 0 Å². The molecule has 2 amide bonds. The Kier molecular flexibility index (Phi) is 6.28. The van der Waals surface area contributed by atoms with Crippen LogP contribution in [0.2, 0.25) is 0 Å². The fourth-order valence-corrected chi connectivity index (χ4v) is 4.83. The van der Waals surface area contributed by atoms with Crippen molar-refractivity contribution in [2.24, 2.45) is 0 Å². The number of rotatable bonds is 5. The van der Waals surface area contributed by atoms with Crippen LogP contribution in [0, 0.1) is 10.1 Å². The number of carbonyl (C=O) groups excluding carboxylic acids is 3. The van der Waals surface area contributed by atoms with E-state index in [1.165, 1.54) is 12.1 Å². The molecular weight excluding hydrogens is 462 g/mol. The Morgan fingerprint density at radius 3 is 2.69 bits per heavy atom. The van der Waals surface area contributed by atoms with E-state index in [1.807, 2.05) is 18.2 Å². The van der Waals surface area contributed by atoms with Gasteiger partial charge in [-0.15, -0.1) is 0 Å². The van der Waals surface area contributed by atoms with Crippen molar-refractivity contribution in [2.75, 3.05) is 13.2 Å². The fourth-order valence-electron chi connectivity index (χ4n) is 4.83. The molecule has 1 aliphatic carbocycles. The number of nitro groups is 1. The first-order chi connectivity index (χ1) is 17.4. The molecular formula is C27H23N3O6. The highest BCUT2D eigenvalue weighted by atomic mass is 16.6. The number of allylic oxidation sites excluding steroid dienone is 1. The van der Waals surface area contributed by atoms with Crippen LogP contribution in [-0.4, -0.2) is 45.7 Å². The Labute approximate surface area is 206 Å². The Morgan fingerprint density at radius 1 is 1.08 bits per heavy atom. The number of imide groups is 1. The minimum Gasteiger partial charge on any atom is -0.452 e. The number of hydrogen-bond donors (Lipinski definition) is 0. The van der Waals surface area contributed by atoms with Crippen LogP contribution in [0.5, 0.6) is 0 Å². The Bertz CT molecular complexity index is 1440. The first-order valence-corrected chi connectivity index (χ1v) is 11.8. The number of likely N-dealkylation sites (tertiary alicyclic amines) is 1. The zero-order valence-electron chi connectivity index (χ0n) is 19.4. The van der Waals surface area contributed by atoms with E-state index in [0.717, 1.165) is 22.5 Å². The first kappa shape index (κ1) is 23.3. The van der Waals surface area contributed by atoms with Crippen molar-refractivity contribution in [3.8, 4) is 0 Å². The molecule has 0 unspecified atom stereocenters. The Morgan fingerprint density at radius 2 is 1.92 bits per heavy atom. The van der Waals surface area contributed by atoms with Gasteiger partial charge >= 0.3 is 5.97 Å². The lowest BCUT2D eigenvalue weighted by Crippen LogP contribution is -2.35. The monoisotopic (exact) mass is 485 g/mol. The zero-order valence-corrected chi connectivity index (χ0v) is 19.4. The van der Waals surface area contributed by atoms with E-state index in [9.17, 15) is 24.5 Å². The molecule has 0 bridgehead atoms. The highest BCUT2D eigenvalue weighted by Gasteiger charge is 2.29. The van der Waals surface area contributed by atoms with Crippen LogP contribution in [0.1, 0.15) is 52.9 Å². The van der Waals surface area contributed by atoms with Crippen molar-refractivity contribution < 1.29 is 24.0 Å². The molecule has 2 heterocycles. The van der Waals surface area contributed by atoms with E-state index >= 15 is 0 Å². The zero-order chi connectivity index (χ0) is 25.2. The number of pyridine rings is 1. The normalized spacial score (nSPS) is 16.3. The summed E-state index contributed by atoms with van der Waals surface area (Å²) in [5.74, 6) is -1.41. The summed E-state index contributed by atoms with van der Waals surface area (Å²) in [7, 11) is 0. The summed E-state index contributed by atoms with van der Waals surface area (Å²) < 4.78 is 5.42. The van der Waals surface area contributed by atoms with E-state index in [0.29, 0.717) is 60.0 Å². The van der Waals surface area contributed by atoms with Crippen molar-refractivity contribution in [2.45, 2.75) is 32.1 Å². The Balaban J connectivity index is 1.52. The molecule has 0 N–H and O–H groups in total. The molecule has 1 aliphatic heterocycles. The maximum absolute atomic E-state index is 13.3. The number of benzene rings is 2. The second kappa shape index (κ2) is 9.69. The second-order valence-electron chi connectivity index (χ2n) is 8.83. The summed E-state index contributed by atoms with van der Waals surface area (Å²) in [6.45, 7) is -0.166. The molecule has 0 atom stereocenters. The highest BCUT2D eigenvalue weighted by Crippen LogP contribution is 2.36. The van der Waals surface area contributed by atoms with Crippen LogP contribution in [0.4, 0.5) is 5.69 Å². The average molecular weight is 485 g/mol. The number of amides is 2. The van der Waals surface area contributed by atoms with Gasteiger partial charge in [-0.2, -0.15) is 0 Å². The van der Waals surface area contributed by atoms with Gasteiger partial charge in [0.2, 0.25) is 5.91 Å². The summed E-state index contributed by atoms with van der Waals surface area (Å²) in [5, 5.41) is 11.8. The van der Waals surface area contributed by atoms with Crippen molar-refractivity contribution in [1.82, 2.24) is 9.88 Å². The maximum Gasteiger partial charge on any atom is 0.339 e. The van der Waals surface area contributed by atoms with Gasteiger partial charge in [-0.25, -0.2) is 9.78 Å². The van der Waals surface area contributed by atoms with Gasteiger partial charge in [0, 0.05) is 30.5 Å². The van der Waals surface area contributed by atoms with Crippen LogP contribution >= 0.6 is 0 Å². The largest absolute Gasteiger partial charge is 0.452 e. The molecule has 0 saturated carbocycles. The number of hydrogen-bond acceptors (Lipinski definition) is 7. The molecule has 2 aliphatic rings. The molecule has 1 fully saturated rings. The summed E-state index contributed by atoms with van der Waals surface area (Å²) in [6, 6.07) is 13.6. The summed E-state index contributed by atoms with van der Waals surface area (Å²) >= 11 is 0. The van der Waals surface area contributed by atoms with Gasteiger partial charge in [-0.3, -0.25) is 24.6 Å². The molecule has 182 valence electrons. The first-order valence-electron chi connectivity index (χ1n) is 11.8. The summed E-state index contributed by atoms with van der Waals surface area (Å²) in [6.07, 6.45) is 4.86. The molecule has 5 rings (SSSR count). The van der Waals surface area contributed by atoms with Gasteiger partial charge in [0.15, 0.2) is 6.61 Å². The third kappa shape index (κ3) is 4.47. The van der Waals surface area contributed by atoms with Crippen molar-refractivity contribution in [1.29, 1.82) is 0 Å². The van der Waals surface area contributed by atoms with E-state index in [2.05, 4.69) is 0 Å². The van der Waals surface area contributed by atoms with Crippen LogP contribution in [0.3, 0.4) is 0 Å². The standard InChI is InChI=1S/C27H23N3O6/c31-23-12-5-13-29(23)24(32)16-36-27(33)25-20-9-1-2-11-22(20)28-26-18(7-4-10-21(25)26)14-17-6-3-8-19(15-17)30(34)35/h1-3,6,8-9,11,14-15H,4-5,7,10,12-13,16H2/b18-14+. The fraction of sp³-hybridized carbons (Fsp3) is 0.259. The second-order valence-corrected chi connectivity index (χ2v) is 8.83. The van der Waals surface area contributed by atoms with Crippen LogP contribution in [-0.2, 0) is 20.7 Å². The predicted octanol–water partition coefficient (Wildman–Crippen LogP) is 4.33. The SMILES string of the molecule is O=C(OCC(=O)N1CCCC1=O)c1c2c(nc3ccccc13)/C(=C/c1cccc([N+](=O)[O-])c1)CCC2. The predicted molar refractivity (Wildman–Crippen MR) is 132 cm³/mol. The molecule has 0 spiro atoms. The molecule has 3 aromatic rings. The third-order valence-corrected chi connectivity index (χ3v) is 6.50. The van der Waals surface area contributed by atoms with E-state index in [4.69, 9.17) is 9.72 Å². The molecule has 1 aromatic heterocycles. The molecule has 36 heavy (non-hydrogen) atoms. The topological polar surface area (TPSA) is 120 Å². The summed E-state index contributed by atoms with van der Waals surface area (Å²) in [4.78, 5) is 54.3. The molecule has 9 nitrogen and oxygen atoms in total. The number of esters is 1. The van der Waals surface area contributed by atoms with Gasteiger partial charge in [-0.1, -0.05) is 30.3 Å². The van der Waals surface area contributed by atoms with Crippen molar-refractivity contribution in [3.05, 3.63) is 81.0 Å². The number of nitrogens with zero attached hydrogens (tertiary/aromatic N) is 3. The number of ether oxygens (including phenoxy) is 1. The minimum atomic E-state index is -0.638. The van der Waals surface area contributed by atoms with Gasteiger partial charge < -0.3 is 4.74 Å². The van der Waals surface area contributed by atoms with Gasteiger partial charge in [0.1, 0.15) is 0 Å². The smallest absolute Gasteiger partial charge is 0.339 e. The lowest BCUT2D eigenvalue weighted by molar-refractivity contribution is -0.384. The van der Waals surface area contributed by atoms with E-state index in [-0.39, 0.29) is 11.6 Å². The molecule has 9 heteroatoms. The lowest BCUT2D eigenvalue weighted by Gasteiger charge is -2.22. The van der Waals surface area contributed by atoms with Gasteiger partial charge in [0.25, 0.3) is 11.6 Å². The quantitative estimate of drug-likeness (QED) is 0.300. The number of fused-ring (bicyclic) bond motifs is 2. The number of nitro benzene ring substituents is 1. The number of non-ortho nitro benzene ring substituents is 1. The average Bonchev–Trinajstić information content (AvgIpc) is 3.32. The van der Waals surface area contributed by atoms with Gasteiger partial charge in [-0.05, 0) is 54.5 Å². The highest BCUT2D eigenvalue weighted by molar-refractivity contribution is 6.07. The minimum absolute atomic E-state index is 0.00253. The lowest BCUT2D eigenvalue weighted by atomic mass is 9.86. The van der Waals surface area contributed by atoms with E-state index in [1.54, 1.807) is 24.3 Å². The number of aromatic nitrogens is 1. The Hall–Kier alpha value is -4.40. The number of carbonyl (C=O) groups is 3. The van der Waals surface area contributed by atoms with Gasteiger partial charge in [0.05, 0.1) is 21.7 Å².